The van der Waals surface area contributed by atoms with E-state index in [1.165, 1.54) is 16.5 Å². The Morgan fingerprint density at radius 1 is 0.857 bits per heavy atom. The molecule has 2 aromatic carbocycles. The van der Waals surface area contributed by atoms with Gasteiger partial charge in [-0.15, -0.1) is 0 Å². The molecule has 0 bridgehead atoms. The van der Waals surface area contributed by atoms with E-state index in [1.54, 1.807) is 6.20 Å². The van der Waals surface area contributed by atoms with Gasteiger partial charge in [-0.05, 0) is 35.2 Å². The van der Waals surface area contributed by atoms with E-state index in [1.807, 2.05) is 17.1 Å². The van der Waals surface area contributed by atoms with Crippen molar-refractivity contribution in [2.75, 3.05) is 0 Å². The molecule has 3 heteroatoms. The van der Waals surface area contributed by atoms with E-state index in [0.29, 0.717) is 0 Å². The van der Waals surface area contributed by atoms with Crippen molar-refractivity contribution >= 4 is 10.9 Å². The fourth-order valence-electron chi connectivity index (χ4n) is 2.66. The SMILES string of the molecule is c1ccc2c(c1)ccn2Cc1ccc(-n2ccnc2)cc1. The van der Waals surface area contributed by atoms with E-state index in [2.05, 4.69) is 70.3 Å². The van der Waals surface area contributed by atoms with E-state index in [9.17, 15) is 0 Å². The molecule has 2 heterocycles. The molecule has 4 aromatic rings. The van der Waals surface area contributed by atoms with E-state index in [0.717, 1.165) is 12.2 Å². The number of para-hydroxylation sites is 1. The van der Waals surface area contributed by atoms with Crippen LogP contribution in [0.5, 0.6) is 0 Å². The van der Waals surface area contributed by atoms with Gasteiger partial charge in [-0.2, -0.15) is 0 Å². The largest absolute Gasteiger partial charge is 0.343 e. The van der Waals surface area contributed by atoms with Crippen LogP contribution in [0.25, 0.3) is 16.6 Å². The summed E-state index contributed by atoms with van der Waals surface area (Å²) in [5, 5.41) is 1.28. The third kappa shape index (κ3) is 2.23. The van der Waals surface area contributed by atoms with Gasteiger partial charge in [0.15, 0.2) is 0 Å². The highest BCUT2D eigenvalue weighted by Gasteiger charge is 2.01. The Morgan fingerprint density at radius 2 is 1.71 bits per heavy atom. The van der Waals surface area contributed by atoms with Crippen molar-refractivity contribution in [3.63, 3.8) is 0 Å². The standard InChI is InChI=1S/C18H15N3/c1-2-4-18-16(3-1)9-11-20(18)13-15-5-7-17(8-6-15)21-12-10-19-14-21/h1-12,14H,13H2. The number of rotatable bonds is 3. The third-order valence-electron chi connectivity index (χ3n) is 3.77. The molecular weight excluding hydrogens is 258 g/mol. The van der Waals surface area contributed by atoms with Gasteiger partial charge in [0, 0.05) is 36.3 Å². The summed E-state index contributed by atoms with van der Waals surface area (Å²) in [5.74, 6) is 0. The molecule has 4 rings (SSSR count). The van der Waals surface area contributed by atoms with Crippen molar-refractivity contribution in [2.45, 2.75) is 6.54 Å². The summed E-state index contributed by atoms with van der Waals surface area (Å²) in [6.07, 6.45) is 7.71. The monoisotopic (exact) mass is 273 g/mol. The van der Waals surface area contributed by atoms with Crippen LogP contribution >= 0.6 is 0 Å². The topological polar surface area (TPSA) is 22.8 Å². The molecule has 21 heavy (non-hydrogen) atoms. The number of hydrogen-bond donors (Lipinski definition) is 0. The van der Waals surface area contributed by atoms with Gasteiger partial charge in [0.1, 0.15) is 0 Å². The molecule has 0 atom stereocenters. The second kappa shape index (κ2) is 4.94. The van der Waals surface area contributed by atoms with Gasteiger partial charge in [0.25, 0.3) is 0 Å². The first-order valence-corrected chi connectivity index (χ1v) is 7.01. The summed E-state index contributed by atoms with van der Waals surface area (Å²) in [5.41, 5.74) is 3.70. The van der Waals surface area contributed by atoms with Crippen LogP contribution < -0.4 is 0 Å². The average molecular weight is 273 g/mol. The highest BCUT2D eigenvalue weighted by atomic mass is 15.0. The lowest BCUT2D eigenvalue weighted by atomic mass is 10.2. The molecule has 3 nitrogen and oxygen atoms in total. The molecule has 0 aliphatic rings. The van der Waals surface area contributed by atoms with Crippen LogP contribution in [0.1, 0.15) is 5.56 Å². The third-order valence-corrected chi connectivity index (χ3v) is 3.77. The fourth-order valence-corrected chi connectivity index (χ4v) is 2.66. The van der Waals surface area contributed by atoms with Crippen molar-refractivity contribution in [1.82, 2.24) is 14.1 Å². The predicted molar refractivity (Wildman–Crippen MR) is 84.6 cm³/mol. The maximum absolute atomic E-state index is 4.07. The number of aromatic nitrogens is 3. The molecule has 2 aromatic heterocycles. The molecule has 0 unspecified atom stereocenters. The Morgan fingerprint density at radius 3 is 2.52 bits per heavy atom. The van der Waals surface area contributed by atoms with Gasteiger partial charge in [0.05, 0.1) is 6.33 Å². The van der Waals surface area contributed by atoms with Crippen LogP contribution in [-0.2, 0) is 6.54 Å². The molecule has 102 valence electrons. The number of fused-ring (bicyclic) bond motifs is 1. The van der Waals surface area contributed by atoms with Gasteiger partial charge < -0.3 is 9.13 Å². The van der Waals surface area contributed by atoms with Gasteiger partial charge >= 0.3 is 0 Å². The zero-order chi connectivity index (χ0) is 14.1. The van der Waals surface area contributed by atoms with Crippen LogP contribution in [0.2, 0.25) is 0 Å². The molecule has 0 aliphatic carbocycles. The maximum Gasteiger partial charge on any atom is 0.0991 e. The maximum atomic E-state index is 4.07. The van der Waals surface area contributed by atoms with E-state index in [4.69, 9.17) is 0 Å². The molecular formula is C18H15N3. The highest BCUT2D eigenvalue weighted by Crippen LogP contribution is 2.17. The second-order valence-corrected chi connectivity index (χ2v) is 5.14. The van der Waals surface area contributed by atoms with Gasteiger partial charge in [-0.1, -0.05) is 30.3 Å². The molecule has 0 aliphatic heterocycles. The molecule has 0 saturated carbocycles. The Bertz CT molecular complexity index is 855. The highest BCUT2D eigenvalue weighted by molar-refractivity contribution is 5.80. The Balaban J connectivity index is 1.63. The minimum Gasteiger partial charge on any atom is -0.343 e. The summed E-state index contributed by atoms with van der Waals surface area (Å²) in [6, 6.07) is 19.2. The number of imidazole rings is 1. The Kier molecular flexibility index (Phi) is 2.82. The lowest BCUT2D eigenvalue weighted by Gasteiger charge is -2.07. The summed E-state index contributed by atoms with van der Waals surface area (Å²) in [4.78, 5) is 4.07. The van der Waals surface area contributed by atoms with Crippen molar-refractivity contribution in [3.8, 4) is 5.69 Å². The van der Waals surface area contributed by atoms with Gasteiger partial charge in [-0.25, -0.2) is 4.98 Å². The minimum atomic E-state index is 0.887. The van der Waals surface area contributed by atoms with Crippen molar-refractivity contribution in [2.24, 2.45) is 0 Å². The van der Waals surface area contributed by atoms with Crippen molar-refractivity contribution in [3.05, 3.63) is 85.1 Å². The van der Waals surface area contributed by atoms with Crippen LogP contribution in [0.3, 0.4) is 0 Å². The van der Waals surface area contributed by atoms with Crippen LogP contribution in [0, 0.1) is 0 Å². The zero-order valence-electron chi connectivity index (χ0n) is 11.6. The number of nitrogens with zero attached hydrogens (tertiary/aromatic N) is 3. The molecule has 0 saturated heterocycles. The predicted octanol–water partition coefficient (Wildman–Crippen LogP) is 3.88. The lowest BCUT2D eigenvalue weighted by molar-refractivity contribution is 0.836. The Labute approximate surface area is 123 Å². The Hall–Kier alpha value is -2.81. The molecule has 0 N–H and O–H groups in total. The van der Waals surface area contributed by atoms with Gasteiger partial charge in [-0.3, -0.25) is 0 Å². The number of hydrogen-bond acceptors (Lipinski definition) is 1. The molecule has 0 fully saturated rings. The van der Waals surface area contributed by atoms with Crippen LogP contribution in [-0.4, -0.2) is 14.1 Å². The van der Waals surface area contributed by atoms with Crippen molar-refractivity contribution in [1.29, 1.82) is 0 Å². The lowest BCUT2D eigenvalue weighted by Crippen LogP contribution is -1.98. The number of benzene rings is 2. The van der Waals surface area contributed by atoms with Crippen molar-refractivity contribution < 1.29 is 0 Å². The molecule has 0 amide bonds. The summed E-state index contributed by atoms with van der Waals surface area (Å²) >= 11 is 0. The first-order chi connectivity index (χ1) is 10.4. The quantitative estimate of drug-likeness (QED) is 0.555. The normalized spacial score (nSPS) is 11.0. The first kappa shape index (κ1) is 12.0. The summed E-state index contributed by atoms with van der Waals surface area (Å²) in [7, 11) is 0. The molecule has 0 spiro atoms. The average Bonchev–Trinajstić information content (AvgIpc) is 3.19. The second-order valence-electron chi connectivity index (χ2n) is 5.14. The van der Waals surface area contributed by atoms with E-state index >= 15 is 0 Å². The first-order valence-electron chi connectivity index (χ1n) is 7.01. The van der Waals surface area contributed by atoms with Gasteiger partial charge in [0.2, 0.25) is 0 Å². The minimum absolute atomic E-state index is 0.887. The van der Waals surface area contributed by atoms with E-state index in [-0.39, 0.29) is 0 Å². The summed E-state index contributed by atoms with van der Waals surface area (Å²) in [6.45, 7) is 0.887. The van der Waals surface area contributed by atoms with E-state index < -0.39 is 0 Å². The smallest absolute Gasteiger partial charge is 0.0991 e. The van der Waals surface area contributed by atoms with Crippen LogP contribution in [0.15, 0.2) is 79.5 Å². The zero-order valence-corrected chi connectivity index (χ0v) is 11.6. The van der Waals surface area contributed by atoms with Crippen LogP contribution in [0.4, 0.5) is 0 Å². The molecule has 0 radical (unpaired) electrons. The fraction of sp³-hybridized carbons (Fsp3) is 0.0556. The summed E-state index contributed by atoms with van der Waals surface area (Å²) < 4.78 is 4.29.